The Morgan fingerprint density at radius 1 is 1.26 bits per heavy atom. The molecule has 1 aromatic rings. The van der Waals surface area contributed by atoms with Crippen LogP contribution in [0.25, 0.3) is 0 Å². The summed E-state index contributed by atoms with van der Waals surface area (Å²) >= 11 is 0. The van der Waals surface area contributed by atoms with Gasteiger partial charge in [0, 0.05) is 6.04 Å². The summed E-state index contributed by atoms with van der Waals surface area (Å²) in [4.78, 5) is 12.2. The minimum absolute atomic E-state index is 0.0991. The van der Waals surface area contributed by atoms with Crippen LogP contribution in [0.4, 0.5) is 0 Å². The minimum atomic E-state index is -0.724. The number of hydrogen-bond donors (Lipinski definition) is 1. The van der Waals surface area contributed by atoms with Gasteiger partial charge in [0.25, 0.3) is 0 Å². The number of hydrogen-bond acceptors (Lipinski definition) is 2. The van der Waals surface area contributed by atoms with Gasteiger partial charge < -0.3 is 5.32 Å². The van der Waals surface area contributed by atoms with E-state index in [1.165, 1.54) is 0 Å². The van der Waals surface area contributed by atoms with Crippen molar-refractivity contribution in [2.75, 3.05) is 0 Å². The minimum Gasteiger partial charge on any atom is -0.352 e. The van der Waals surface area contributed by atoms with Gasteiger partial charge in [-0.15, -0.1) is 0 Å². The molecule has 0 fully saturated rings. The first-order chi connectivity index (χ1) is 9.13. The lowest BCUT2D eigenvalue weighted by molar-refractivity contribution is -0.122. The van der Waals surface area contributed by atoms with Gasteiger partial charge in [-0.25, -0.2) is 0 Å². The predicted molar refractivity (Wildman–Crippen MR) is 76.5 cm³/mol. The van der Waals surface area contributed by atoms with Gasteiger partial charge in [0.2, 0.25) is 5.91 Å². The molecule has 1 aromatic carbocycles. The lowest BCUT2D eigenvalue weighted by atomic mass is 9.94. The Kier molecular flexibility index (Phi) is 6.08. The summed E-state index contributed by atoms with van der Waals surface area (Å²) in [7, 11) is 0. The Labute approximate surface area is 115 Å². The largest absolute Gasteiger partial charge is 0.352 e. The molecule has 0 spiro atoms. The molecule has 0 heterocycles. The Bertz CT molecular complexity index is 432. The maximum absolute atomic E-state index is 12.2. The fraction of sp³-hybridized carbons (Fsp3) is 0.500. The van der Waals surface area contributed by atoms with Crippen molar-refractivity contribution >= 4 is 5.91 Å². The van der Waals surface area contributed by atoms with E-state index in [0.717, 1.165) is 18.4 Å². The van der Waals surface area contributed by atoms with Crippen molar-refractivity contribution in [3.05, 3.63) is 35.9 Å². The molecule has 0 aliphatic carbocycles. The van der Waals surface area contributed by atoms with Crippen molar-refractivity contribution in [3.8, 4) is 6.07 Å². The fourth-order valence-electron chi connectivity index (χ4n) is 2.35. The molecule has 3 heteroatoms. The molecule has 1 amide bonds. The van der Waals surface area contributed by atoms with Gasteiger partial charge in [0.15, 0.2) is 0 Å². The summed E-state index contributed by atoms with van der Waals surface area (Å²) in [5, 5.41) is 12.2. The Morgan fingerprint density at radius 2 is 1.84 bits per heavy atom. The van der Waals surface area contributed by atoms with E-state index in [0.29, 0.717) is 5.92 Å². The number of nitrogens with zero attached hydrogens (tertiary/aromatic N) is 1. The molecule has 0 saturated heterocycles. The zero-order valence-corrected chi connectivity index (χ0v) is 11.9. The van der Waals surface area contributed by atoms with Gasteiger partial charge >= 0.3 is 0 Å². The normalized spacial score (nSPS) is 13.6. The second-order valence-electron chi connectivity index (χ2n) is 4.85. The van der Waals surface area contributed by atoms with E-state index in [4.69, 9.17) is 0 Å². The van der Waals surface area contributed by atoms with Crippen LogP contribution in [0, 0.1) is 17.2 Å². The van der Waals surface area contributed by atoms with E-state index >= 15 is 0 Å². The summed E-state index contributed by atoms with van der Waals surface area (Å²) in [6, 6.07) is 11.4. The molecular weight excluding hydrogens is 236 g/mol. The smallest absolute Gasteiger partial charge is 0.242 e. The topological polar surface area (TPSA) is 52.9 Å². The predicted octanol–water partition coefficient (Wildman–Crippen LogP) is 3.23. The van der Waals surface area contributed by atoms with Crippen LogP contribution in [0.2, 0.25) is 0 Å². The third kappa shape index (κ3) is 4.10. The quantitative estimate of drug-likeness (QED) is 0.851. The summed E-state index contributed by atoms with van der Waals surface area (Å²) in [5.41, 5.74) is 0.749. The molecule has 0 aromatic heterocycles. The van der Waals surface area contributed by atoms with Gasteiger partial charge in [-0.05, 0) is 18.4 Å². The SMILES string of the molecule is CCC(CC)C(C)NC(=O)C(C#N)c1ccccc1. The molecule has 102 valence electrons. The monoisotopic (exact) mass is 258 g/mol. The van der Waals surface area contributed by atoms with Crippen molar-refractivity contribution in [2.24, 2.45) is 5.92 Å². The Hall–Kier alpha value is -1.82. The number of nitrogens with one attached hydrogen (secondary N) is 1. The number of rotatable bonds is 6. The van der Waals surface area contributed by atoms with Crippen molar-refractivity contribution in [3.63, 3.8) is 0 Å². The molecule has 0 aliphatic rings. The van der Waals surface area contributed by atoms with Gasteiger partial charge in [-0.1, -0.05) is 57.0 Å². The highest BCUT2D eigenvalue weighted by Gasteiger charge is 2.23. The van der Waals surface area contributed by atoms with E-state index in [1.807, 2.05) is 37.3 Å². The second kappa shape index (κ2) is 7.58. The summed E-state index contributed by atoms with van der Waals surface area (Å²) in [5.74, 6) is -0.467. The van der Waals surface area contributed by atoms with Crippen molar-refractivity contribution < 1.29 is 4.79 Å². The molecule has 0 radical (unpaired) electrons. The zero-order valence-electron chi connectivity index (χ0n) is 11.9. The molecular formula is C16H22N2O. The first-order valence-electron chi connectivity index (χ1n) is 6.88. The summed E-state index contributed by atoms with van der Waals surface area (Å²) < 4.78 is 0. The maximum atomic E-state index is 12.2. The molecule has 0 saturated carbocycles. The van der Waals surface area contributed by atoms with Crippen LogP contribution in [0.1, 0.15) is 45.1 Å². The third-order valence-electron chi connectivity index (χ3n) is 3.65. The molecule has 1 rings (SSSR count). The Balaban J connectivity index is 2.74. The van der Waals surface area contributed by atoms with Crippen LogP contribution < -0.4 is 5.32 Å². The van der Waals surface area contributed by atoms with Crippen LogP contribution >= 0.6 is 0 Å². The van der Waals surface area contributed by atoms with Crippen LogP contribution in [0.5, 0.6) is 0 Å². The number of amides is 1. The van der Waals surface area contributed by atoms with Crippen LogP contribution in [-0.2, 0) is 4.79 Å². The van der Waals surface area contributed by atoms with E-state index in [-0.39, 0.29) is 11.9 Å². The highest BCUT2D eigenvalue weighted by atomic mass is 16.1. The van der Waals surface area contributed by atoms with E-state index in [2.05, 4.69) is 25.2 Å². The van der Waals surface area contributed by atoms with Crippen molar-refractivity contribution in [2.45, 2.75) is 45.6 Å². The van der Waals surface area contributed by atoms with Crippen LogP contribution in [-0.4, -0.2) is 11.9 Å². The molecule has 0 bridgehead atoms. The van der Waals surface area contributed by atoms with E-state index in [9.17, 15) is 10.1 Å². The third-order valence-corrected chi connectivity index (χ3v) is 3.65. The maximum Gasteiger partial charge on any atom is 0.242 e. The number of carbonyl (C=O) groups excluding carboxylic acids is 1. The zero-order chi connectivity index (χ0) is 14.3. The van der Waals surface area contributed by atoms with E-state index < -0.39 is 5.92 Å². The standard InChI is InChI=1S/C16H22N2O/c1-4-13(5-2)12(3)18-16(19)15(11-17)14-9-7-6-8-10-14/h6-10,12-13,15H,4-5H2,1-3H3,(H,18,19). The molecule has 2 atom stereocenters. The van der Waals surface area contributed by atoms with Crippen LogP contribution in [0.15, 0.2) is 30.3 Å². The number of nitriles is 1. The number of benzene rings is 1. The van der Waals surface area contributed by atoms with Gasteiger partial charge in [-0.2, -0.15) is 5.26 Å². The summed E-state index contributed by atoms with van der Waals surface area (Å²) in [6.07, 6.45) is 2.06. The average Bonchev–Trinajstić information content (AvgIpc) is 2.42. The fourth-order valence-corrected chi connectivity index (χ4v) is 2.35. The number of carbonyl (C=O) groups is 1. The van der Waals surface area contributed by atoms with Crippen molar-refractivity contribution in [1.82, 2.24) is 5.32 Å². The van der Waals surface area contributed by atoms with Crippen LogP contribution in [0.3, 0.4) is 0 Å². The van der Waals surface area contributed by atoms with E-state index in [1.54, 1.807) is 0 Å². The van der Waals surface area contributed by atoms with Gasteiger partial charge in [0.05, 0.1) is 6.07 Å². The molecule has 3 nitrogen and oxygen atoms in total. The Morgan fingerprint density at radius 3 is 2.32 bits per heavy atom. The highest BCUT2D eigenvalue weighted by Crippen LogP contribution is 2.17. The molecule has 2 unspecified atom stereocenters. The average molecular weight is 258 g/mol. The first kappa shape index (κ1) is 15.2. The van der Waals surface area contributed by atoms with Gasteiger partial charge in [0.1, 0.15) is 5.92 Å². The van der Waals surface area contributed by atoms with Gasteiger partial charge in [-0.3, -0.25) is 4.79 Å². The molecule has 1 N–H and O–H groups in total. The second-order valence-corrected chi connectivity index (χ2v) is 4.85. The molecule has 19 heavy (non-hydrogen) atoms. The molecule has 0 aliphatic heterocycles. The summed E-state index contributed by atoms with van der Waals surface area (Å²) in [6.45, 7) is 6.25. The lowest BCUT2D eigenvalue weighted by Gasteiger charge is -2.23. The van der Waals surface area contributed by atoms with Crippen molar-refractivity contribution in [1.29, 1.82) is 5.26 Å². The highest BCUT2D eigenvalue weighted by molar-refractivity contribution is 5.86. The lowest BCUT2D eigenvalue weighted by Crippen LogP contribution is -2.40. The first-order valence-corrected chi connectivity index (χ1v) is 6.88.